The first-order valence-corrected chi connectivity index (χ1v) is 10.8. The Labute approximate surface area is 197 Å². The molecule has 0 saturated carbocycles. The number of carboxylic acid groups (broad SMARTS) is 2. The molecule has 11 nitrogen and oxygen atoms in total. The fourth-order valence-electron chi connectivity index (χ4n) is 4.06. The second kappa shape index (κ2) is 9.67. The second-order valence-electron chi connectivity index (χ2n) is 8.06. The molecule has 0 aliphatic carbocycles. The fraction of sp³-hybridized carbons (Fsp3) is 0.208. The van der Waals surface area contributed by atoms with Crippen molar-refractivity contribution in [3.63, 3.8) is 0 Å². The maximum Gasteiger partial charge on any atom is 0.329 e. The Hall–Kier alpha value is -4.67. The van der Waals surface area contributed by atoms with Crippen LogP contribution >= 0.6 is 0 Å². The fourth-order valence-corrected chi connectivity index (χ4v) is 4.06. The van der Waals surface area contributed by atoms with Gasteiger partial charge in [-0.1, -0.05) is 30.3 Å². The molecule has 5 N–H and O–H groups in total. The molecule has 0 bridgehead atoms. The van der Waals surface area contributed by atoms with Gasteiger partial charge in [0.15, 0.2) is 0 Å². The Bertz CT molecular complexity index is 1550. The standard InChI is InChI=1S/C24H22N4O7/c29-20(30)10-9-18(23(33)34)26-21(31)19(11-13-12-25-16-7-3-1-5-14(13)16)28-22(32)15-6-2-4-8-17(15)27-24(28)35/h1-8,12,18-19,25H,9-11H2,(H,26,31)(H,27,35)(H,29,30)(H,33,34). The van der Waals surface area contributed by atoms with Crippen molar-refractivity contribution in [1.82, 2.24) is 19.9 Å². The summed E-state index contributed by atoms with van der Waals surface area (Å²) in [4.78, 5) is 67.8. The maximum atomic E-state index is 13.4. The summed E-state index contributed by atoms with van der Waals surface area (Å²) in [5.41, 5.74) is 0.187. The van der Waals surface area contributed by atoms with Gasteiger partial charge in [0.05, 0.1) is 10.9 Å². The van der Waals surface area contributed by atoms with E-state index < -0.39 is 47.6 Å². The lowest BCUT2D eigenvalue weighted by molar-refractivity contribution is -0.143. The molecule has 4 aromatic rings. The normalized spacial score (nSPS) is 12.9. The molecular formula is C24H22N4O7. The predicted molar refractivity (Wildman–Crippen MR) is 126 cm³/mol. The average molecular weight is 478 g/mol. The highest BCUT2D eigenvalue weighted by Gasteiger charge is 2.30. The van der Waals surface area contributed by atoms with Crippen LogP contribution in [-0.2, 0) is 20.8 Å². The molecule has 4 rings (SSSR count). The van der Waals surface area contributed by atoms with Crippen LogP contribution in [0.5, 0.6) is 0 Å². The van der Waals surface area contributed by atoms with Crippen LogP contribution in [0.25, 0.3) is 21.8 Å². The third kappa shape index (κ3) is 4.83. The number of H-pyrrole nitrogens is 2. The van der Waals surface area contributed by atoms with Gasteiger partial charge in [-0.15, -0.1) is 0 Å². The van der Waals surface area contributed by atoms with E-state index in [0.717, 1.165) is 15.5 Å². The number of aromatic nitrogens is 3. The monoisotopic (exact) mass is 478 g/mol. The van der Waals surface area contributed by atoms with Gasteiger partial charge in [0, 0.05) is 29.9 Å². The molecule has 180 valence electrons. The molecule has 1 amide bonds. The van der Waals surface area contributed by atoms with E-state index in [-0.39, 0.29) is 18.2 Å². The van der Waals surface area contributed by atoms with Gasteiger partial charge in [-0.2, -0.15) is 0 Å². The van der Waals surface area contributed by atoms with Crippen LogP contribution in [-0.4, -0.2) is 48.6 Å². The zero-order valence-corrected chi connectivity index (χ0v) is 18.4. The molecule has 2 aromatic carbocycles. The van der Waals surface area contributed by atoms with Crippen LogP contribution in [0.1, 0.15) is 24.4 Å². The highest BCUT2D eigenvalue weighted by Crippen LogP contribution is 2.22. The summed E-state index contributed by atoms with van der Waals surface area (Å²) in [5, 5.41) is 21.7. The molecule has 2 heterocycles. The summed E-state index contributed by atoms with van der Waals surface area (Å²) in [7, 11) is 0. The Morgan fingerprint density at radius 1 is 0.943 bits per heavy atom. The number of carbonyl (C=O) groups excluding carboxylic acids is 1. The molecule has 0 fully saturated rings. The van der Waals surface area contributed by atoms with Gasteiger partial charge in [0.25, 0.3) is 5.56 Å². The number of rotatable bonds is 9. The van der Waals surface area contributed by atoms with Crippen molar-refractivity contribution in [2.24, 2.45) is 0 Å². The topological polar surface area (TPSA) is 174 Å². The van der Waals surface area contributed by atoms with Crippen molar-refractivity contribution in [1.29, 1.82) is 0 Å². The lowest BCUT2D eigenvalue weighted by Gasteiger charge is -2.21. The lowest BCUT2D eigenvalue weighted by atomic mass is 10.0. The average Bonchev–Trinajstić information content (AvgIpc) is 3.23. The summed E-state index contributed by atoms with van der Waals surface area (Å²) >= 11 is 0. The van der Waals surface area contributed by atoms with Crippen molar-refractivity contribution in [3.8, 4) is 0 Å². The van der Waals surface area contributed by atoms with Crippen molar-refractivity contribution in [3.05, 3.63) is 81.1 Å². The largest absolute Gasteiger partial charge is 0.481 e. The minimum atomic E-state index is -1.51. The van der Waals surface area contributed by atoms with Crippen LogP contribution in [0.2, 0.25) is 0 Å². The molecule has 0 radical (unpaired) electrons. The van der Waals surface area contributed by atoms with Gasteiger partial charge in [0.2, 0.25) is 5.91 Å². The van der Waals surface area contributed by atoms with E-state index in [1.807, 2.05) is 18.2 Å². The van der Waals surface area contributed by atoms with E-state index in [9.17, 15) is 29.1 Å². The third-order valence-electron chi connectivity index (χ3n) is 5.80. The third-order valence-corrected chi connectivity index (χ3v) is 5.80. The van der Waals surface area contributed by atoms with Crippen molar-refractivity contribution >= 4 is 39.7 Å². The number of benzene rings is 2. The number of aliphatic carboxylic acids is 2. The Kier molecular flexibility index (Phi) is 6.49. The van der Waals surface area contributed by atoms with Crippen LogP contribution < -0.4 is 16.6 Å². The maximum absolute atomic E-state index is 13.4. The van der Waals surface area contributed by atoms with Gasteiger partial charge in [-0.3, -0.25) is 14.4 Å². The summed E-state index contributed by atoms with van der Waals surface area (Å²) in [5.74, 6) is -3.54. The molecule has 2 atom stereocenters. The van der Waals surface area contributed by atoms with Gasteiger partial charge >= 0.3 is 17.6 Å². The molecule has 0 aliphatic heterocycles. The van der Waals surface area contributed by atoms with Crippen LogP contribution in [0, 0.1) is 0 Å². The van der Waals surface area contributed by atoms with E-state index in [0.29, 0.717) is 11.1 Å². The minimum Gasteiger partial charge on any atom is -0.481 e. The first-order valence-electron chi connectivity index (χ1n) is 10.8. The zero-order valence-electron chi connectivity index (χ0n) is 18.4. The number of fused-ring (bicyclic) bond motifs is 2. The highest BCUT2D eigenvalue weighted by atomic mass is 16.4. The number of hydrogen-bond acceptors (Lipinski definition) is 5. The van der Waals surface area contributed by atoms with Crippen molar-refractivity contribution in [2.45, 2.75) is 31.3 Å². The number of carbonyl (C=O) groups is 3. The van der Waals surface area contributed by atoms with Crippen molar-refractivity contribution < 1.29 is 24.6 Å². The summed E-state index contributed by atoms with van der Waals surface area (Å²) in [6, 6.07) is 10.7. The van der Waals surface area contributed by atoms with Crippen molar-refractivity contribution in [2.75, 3.05) is 0 Å². The number of aromatic amines is 2. The molecule has 0 saturated heterocycles. The molecule has 0 aliphatic rings. The first kappa shape index (κ1) is 23.5. The Morgan fingerprint density at radius 2 is 1.60 bits per heavy atom. The molecule has 2 aromatic heterocycles. The lowest BCUT2D eigenvalue weighted by Crippen LogP contribution is -2.49. The minimum absolute atomic E-state index is 0.0948. The molecular weight excluding hydrogens is 456 g/mol. The number of para-hydroxylation sites is 2. The molecule has 35 heavy (non-hydrogen) atoms. The van der Waals surface area contributed by atoms with E-state index in [1.54, 1.807) is 30.5 Å². The van der Waals surface area contributed by atoms with Gasteiger partial charge in [-0.25, -0.2) is 14.2 Å². The quantitative estimate of drug-likeness (QED) is 0.241. The SMILES string of the molecule is O=C(O)CCC(NC(=O)C(Cc1c[nH]c2ccccc12)n1c(=O)[nH]c2ccccc2c1=O)C(=O)O. The summed E-state index contributed by atoms with van der Waals surface area (Å²) < 4.78 is 0.773. The molecule has 0 spiro atoms. The van der Waals surface area contributed by atoms with E-state index >= 15 is 0 Å². The van der Waals surface area contributed by atoms with Crippen LogP contribution in [0.15, 0.2) is 64.3 Å². The van der Waals surface area contributed by atoms with Crippen LogP contribution in [0.3, 0.4) is 0 Å². The smallest absolute Gasteiger partial charge is 0.329 e. The van der Waals surface area contributed by atoms with E-state index in [4.69, 9.17) is 5.11 Å². The highest BCUT2D eigenvalue weighted by molar-refractivity contribution is 5.88. The first-order chi connectivity index (χ1) is 16.8. The number of hydrogen-bond donors (Lipinski definition) is 5. The summed E-state index contributed by atoms with van der Waals surface area (Å²) in [6.07, 6.45) is 0.715. The van der Waals surface area contributed by atoms with Gasteiger partial charge in [-0.05, 0) is 30.2 Å². The predicted octanol–water partition coefficient (Wildman–Crippen LogP) is 1.39. The Balaban J connectivity index is 1.80. The zero-order chi connectivity index (χ0) is 25.1. The van der Waals surface area contributed by atoms with Gasteiger partial charge < -0.3 is 25.5 Å². The van der Waals surface area contributed by atoms with Crippen LogP contribution in [0.4, 0.5) is 0 Å². The van der Waals surface area contributed by atoms with Gasteiger partial charge in [0.1, 0.15) is 12.1 Å². The number of nitrogens with zero attached hydrogens (tertiary/aromatic N) is 1. The molecule has 11 heteroatoms. The number of carboxylic acids is 2. The van der Waals surface area contributed by atoms with E-state index in [2.05, 4.69) is 15.3 Å². The summed E-state index contributed by atoms with van der Waals surface area (Å²) in [6.45, 7) is 0. The van der Waals surface area contributed by atoms with E-state index in [1.165, 1.54) is 6.07 Å². The Morgan fingerprint density at radius 3 is 2.29 bits per heavy atom. The number of amides is 1. The molecule has 2 unspecified atom stereocenters. The second-order valence-corrected chi connectivity index (χ2v) is 8.06. The number of nitrogens with one attached hydrogen (secondary N) is 3.